The minimum Gasteiger partial charge on any atom is -0.276 e. The Labute approximate surface area is 216 Å². The second-order valence-electron chi connectivity index (χ2n) is 7.58. The van der Waals surface area contributed by atoms with Crippen molar-refractivity contribution >= 4 is 18.5 Å². The number of carbonyl (C=O) groups excluding carboxylic acids is 6. The highest BCUT2D eigenvalue weighted by molar-refractivity contribution is 5.20. The molecule has 0 radical (unpaired) electrons. The van der Waals surface area contributed by atoms with Crippen LogP contribution in [0.15, 0.2) is 18.5 Å². The summed E-state index contributed by atoms with van der Waals surface area (Å²) in [6.45, 7) is 12.6. The number of aryl methyl sites for hydroxylation is 3. The molecule has 3 aromatic heterocycles. The Hall–Kier alpha value is -4.44. The summed E-state index contributed by atoms with van der Waals surface area (Å²) in [4.78, 5) is 50.2. The van der Waals surface area contributed by atoms with Gasteiger partial charge in [0, 0.05) is 32.4 Å². The molecule has 3 rings (SSSR count). The third-order valence-electron chi connectivity index (χ3n) is 3.58. The molecule has 206 valence electrons. The highest BCUT2D eigenvalue weighted by Crippen LogP contribution is 2.09. The Morgan fingerprint density at radius 3 is 1.27 bits per heavy atom. The molecule has 0 atom stereocenters. The van der Waals surface area contributed by atoms with Crippen LogP contribution in [0.5, 0.6) is 0 Å². The summed E-state index contributed by atoms with van der Waals surface area (Å²) < 4.78 is 3.55. The van der Waals surface area contributed by atoms with Crippen LogP contribution in [-0.2, 0) is 49.9 Å². The van der Waals surface area contributed by atoms with Gasteiger partial charge in [0.25, 0.3) is 0 Å². The van der Waals surface area contributed by atoms with Crippen molar-refractivity contribution < 1.29 is 28.8 Å². The highest BCUT2D eigenvalue weighted by atomic mass is 16.2. The molecule has 0 aromatic carbocycles. The molecule has 37 heavy (non-hydrogen) atoms. The zero-order chi connectivity index (χ0) is 28.7. The van der Waals surface area contributed by atoms with E-state index in [9.17, 15) is 0 Å². The molecule has 3 heterocycles. The van der Waals surface area contributed by atoms with E-state index in [1.54, 1.807) is 11.7 Å². The summed E-state index contributed by atoms with van der Waals surface area (Å²) in [6, 6.07) is 2.05. The van der Waals surface area contributed by atoms with E-state index in [0.29, 0.717) is 17.8 Å². The number of rotatable bonds is 3. The standard InChI is InChI=1S/C7H12N2.C6H11N3.C5H10N4.3CO2.CH4/c1-6(2)7-4-5-9(3)8-7;1-5(2)6-4-9(3)8-7-6;1-4(2)5-6-8-9(3)7-5;3*2-1-3;/h4-6H,1-3H3;4-5H,1-3H3;4H,1-3H3;;;;1H4. The third-order valence-corrected chi connectivity index (χ3v) is 3.58. The maximum atomic E-state index is 8.12. The van der Waals surface area contributed by atoms with Gasteiger partial charge in [-0.05, 0) is 23.1 Å². The fourth-order valence-corrected chi connectivity index (χ4v) is 1.90. The molecule has 0 saturated heterocycles. The molecular weight excluding hydrogens is 486 g/mol. The molecule has 0 N–H and O–H groups in total. The van der Waals surface area contributed by atoms with Gasteiger partial charge < -0.3 is 0 Å². The maximum Gasteiger partial charge on any atom is 0.373 e. The van der Waals surface area contributed by atoms with Crippen molar-refractivity contribution in [2.75, 3.05) is 0 Å². The second-order valence-corrected chi connectivity index (χ2v) is 7.58. The van der Waals surface area contributed by atoms with Crippen molar-refractivity contribution in [1.29, 1.82) is 0 Å². The van der Waals surface area contributed by atoms with Crippen LogP contribution < -0.4 is 0 Å². The molecule has 0 aliphatic heterocycles. The maximum absolute atomic E-state index is 8.12. The lowest BCUT2D eigenvalue weighted by Gasteiger charge is -1.95. The van der Waals surface area contributed by atoms with E-state index >= 15 is 0 Å². The fraction of sp³-hybridized carbons (Fsp3) is 0.591. The molecule has 3 aromatic rings. The van der Waals surface area contributed by atoms with Crippen molar-refractivity contribution in [3.8, 4) is 0 Å². The molecule has 0 unspecified atom stereocenters. The first kappa shape index (κ1) is 39.8. The topological polar surface area (TPSA) is 195 Å². The molecule has 0 bridgehead atoms. The highest BCUT2D eigenvalue weighted by Gasteiger charge is 2.03. The van der Waals surface area contributed by atoms with E-state index in [0.717, 1.165) is 17.2 Å². The van der Waals surface area contributed by atoms with E-state index in [1.165, 1.54) is 4.80 Å². The molecule has 0 fully saturated rings. The van der Waals surface area contributed by atoms with Crippen molar-refractivity contribution in [2.24, 2.45) is 21.1 Å². The predicted octanol–water partition coefficient (Wildman–Crippen LogP) is 1.70. The van der Waals surface area contributed by atoms with Gasteiger partial charge in [0.15, 0.2) is 5.82 Å². The summed E-state index contributed by atoms with van der Waals surface area (Å²) in [5.41, 5.74) is 2.22. The van der Waals surface area contributed by atoms with Crippen LogP contribution in [-0.4, -0.2) is 63.4 Å². The second kappa shape index (κ2) is 24.7. The Balaban J connectivity index is -0.000000188. The summed E-state index contributed by atoms with van der Waals surface area (Å²) in [5.74, 6) is 2.21. The third kappa shape index (κ3) is 23.1. The molecule has 0 saturated carbocycles. The van der Waals surface area contributed by atoms with Gasteiger partial charge in [-0.3, -0.25) is 9.36 Å². The smallest absolute Gasteiger partial charge is 0.276 e. The van der Waals surface area contributed by atoms with E-state index in [4.69, 9.17) is 28.8 Å². The van der Waals surface area contributed by atoms with Gasteiger partial charge in [0.05, 0.1) is 18.4 Å². The van der Waals surface area contributed by atoms with E-state index in [2.05, 4.69) is 58.5 Å². The zero-order valence-corrected chi connectivity index (χ0v) is 21.9. The van der Waals surface area contributed by atoms with Crippen molar-refractivity contribution in [3.05, 3.63) is 35.7 Å². The molecule has 0 aliphatic rings. The summed E-state index contributed by atoms with van der Waals surface area (Å²) in [6.07, 6.45) is 4.65. The van der Waals surface area contributed by atoms with E-state index < -0.39 is 0 Å². The first-order chi connectivity index (χ1) is 16.8. The number of nitrogens with zero attached hydrogens (tertiary/aromatic N) is 9. The lowest BCUT2D eigenvalue weighted by atomic mass is 10.1. The average molecular weight is 524 g/mol. The van der Waals surface area contributed by atoms with E-state index in [-0.39, 0.29) is 25.9 Å². The predicted molar refractivity (Wildman–Crippen MR) is 127 cm³/mol. The van der Waals surface area contributed by atoms with Crippen LogP contribution >= 0.6 is 0 Å². The zero-order valence-electron chi connectivity index (χ0n) is 21.9. The Bertz CT molecular complexity index is 919. The number of tetrazole rings is 1. The first-order valence-electron chi connectivity index (χ1n) is 10.4. The van der Waals surface area contributed by atoms with Crippen molar-refractivity contribution in [2.45, 2.75) is 66.7 Å². The molecule has 15 heteroatoms. The first-order valence-corrected chi connectivity index (χ1v) is 10.4. The quantitative estimate of drug-likeness (QED) is 0.482. The van der Waals surface area contributed by atoms with Gasteiger partial charge in [-0.1, -0.05) is 54.2 Å². The molecule has 0 aliphatic carbocycles. The van der Waals surface area contributed by atoms with Gasteiger partial charge >= 0.3 is 18.5 Å². The summed E-state index contributed by atoms with van der Waals surface area (Å²) in [7, 11) is 5.57. The van der Waals surface area contributed by atoms with Crippen LogP contribution in [0.1, 0.15) is 83.9 Å². The summed E-state index contributed by atoms with van der Waals surface area (Å²) >= 11 is 0. The van der Waals surface area contributed by atoms with Gasteiger partial charge in [0.2, 0.25) is 0 Å². The molecular formula is C22H37N9O6. The Morgan fingerprint density at radius 1 is 0.649 bits per heavy atom. The SMILES string of the molecule is C.CC(C)c1ccn(C)n1.CC(C)c1cn(C)nn1.CC(C)c1nnn(C)n1.O=C=O.O=C=O.O=C=O. The minimum absolute atomic E-state index is 0. The van der Waals surface area contributed by atoms with Crippen LogP contribution in [0.4, 0.5) is 0 Å². The molecule has 0 spiro atoms. The number of hydrogen-bond acceptors (Lipinski definition) is 12. The van der Waals surface area contributed by atoms with E-state index in [1.807, 2.05) is 51.1 Å². The van der Waals surface area contributed by atoms with Gasteiger partial charge in [-0.25, -0.2) is 0 Å². The van der Waals surface area contributed by atoms with Crippen LogP contribution in [0.25, 0.3) is 0 Å². The lowest BCUT2D eigenvalue weighted by Crippen LogP contribution is -1.94. The largest absolute Gasteiger partial charge is 0.373 e. The molecule has 15 nitrogen and oxygen atoms in total. The molecule has 0 amide bonds. The minimum atomic E-state index is 0. The Morgan fingerprint density at radius 2 is 1.11 bits per heavy atom. The van der Waals surface area contributed by atoms with Crippen LogP contribution in [0.2, 0.25) is 0 Å². The number of aromatic nitrogens is 9. The van der Waals surface area contributed by atoms with Gasteiger partial charge in [0.1, 0.15) is 0 Å². The fourth-order valence-electron chi connectivity index (χ4n) is 1.90. The van der Waals surface area contributed by atoms with Gasteiger partial charge in [-0.2, -0.15) is 38.7 Å². The van der Waals surface area contributed by atoms with Crippen molar-refractivity contribution in [1.82, 2.24) is 45.0 Å². The average Bonchev–Trinajstić information content (AvgIpc) is 3.52. The van der Waals surface area contributed by atoms with Gasteiger partial charge in [-0.15, -0.1) is 15.3 Å². The monoisotopic (exact) mass is 523 g/mol. The van der Waals surface area contributed by atoms with Crippen LogP contribution in [0, 0.1) is 0 Å². The number of hydrogen-bond donors (Lipinski definition) is 0. The van der Waals surface area contributed by atoms with Crippen molar-refractivity contribution in [3.63, 3.8) is 0 Å². The lowest BCUT2D eigenvalue weighted by molar-refractivity contribution is -0.193. The van der Waals surface area contributed by atoms with Crippen LogP contribution in [0.3, 0.4) is 0 Å². The normalized spacial score (nSPS) is 8.43. The Kier molecular flexibility index (Phi) is 26.5. The summed E-state index contributed by atoms with van der Waals surface area (Å²) in [5, 5.41) is 23.5.